The van der Waals surface area contributed by atoms with Crippen LogP contribution in [-0.4, -0.2) is 24.3 Å². The normalized spacial score (nSPS) is 12.3. The Labute approximate surface area is 133 Å². The highest BCUT2D eigenvalue weighted by molar-refractivity contribution is 5.80. The number of phenolic OH excluding ortho intramolecular Hbond substituents is 1. The van der Waals surface area contributed by atoms with E-state index in [9.17, 15) is 9.90 Å². The van der Waals surface area contributed by atoms with E-state index in [4.69, 9.17) is 9.47 Å². The molecule has 23 heavy (non-hydrogen) atoms. The van der Waals surface area contributed by atoms with E-state index >= 15 is 0 Å². The van der Waals surface area contributed by atoms with E-state index in [1.165, 1.54) is 0 Å². The fraction of sp³-hybridized carbons (Fsp3) is 0.167. The van der Waals surface area contributed by atoms with Crippen LogP contribution in [0.5, 0.6) is 11.5 Å². The van der Waals surface area contributed by atoms with Crippen LogP contribution >= 0.6 is 0 Å². The van der Waals surface area contributed by atoms with Gasteiger partial charge in [0.1, 0.15) is 17.6 Å². The molecule has 118 valence electrons. The van der Waals surface area contributed by atoms with Crippen molar-refractivity contribution in [2.75, 3.05) is 14.2 Å². The van der Waals surface area contributed by atoms with Crippen LogP contribution in [0.3, 0.4) is 0 Å². The number of pyridine rings is 1. The number of phenols is 1. The predicted octanol–water partition coefficient (Wildman–Crippen LogP) is 2.98. The van der Waals surface area contributed by atoms with Crippen LogP contribution in [0.1, 0.15) is 17.2 Å². The van der Waals surface area contributed by atoms with Crippen molar-refractivity contribution in [1.82, 2.24) is 4.98 Å². The van der Waals surface area contributed by atoms with Gasteiger partial charge in [-0.05, 0) is 41.3 Å². The molecular formula is C18H17NO4. The molecule has 0 amide bonds. The summed E-state index contributed by atoms with van der Waals surface area (Å²) in [4.78, 5) is 15.3. The van der Waals surface area contributed by atoms with Gasteiger partial charge in [0, 0.05) is 13.2 Å². The van der Waals surface area contributed by atoms with Gasteiger partial charge in [-0.1, -0.05) is 12.1 Å². The second-order valence-corrected chi connectivity index (χ2v) is 5.21. The van der Waals surface area contributed by atoms with Crippen LogP contribution in [0, 0.1) is 0 Å². The second kappa shape index (κ2) is 6.14. The van der Waals surface area contributed by atoms with Gasteiger partial charge in [-0.25, -0.2) is 0 Å². The van der Waals surface area contributed by atoms with Crippen molar-refractivity contribution in [3.63, 3.8) is 0 Å². The summed E-state index contributed by atoms with van der Waals surface area (Å²) in [5, 5.41) is 10.3. The van der Waals surface area contributed by atoms with Gasteiger partial charge in [-0.15, -0.1) is 0 Å². The fourth-order valence-corrected chi connectivity index (χ4v) is 2.61. The Morgan fingerprint density at radius 2 is 1.78 bits per heavy atom. The third kappa shape index (κ3) is 2.91. The minimum atomic E-state index is -0.508. The number of hydrogen-bond acceptors (Lipinski definition) is 4. The molecular weight excluding hydrogens is 294 g/mol. The van der Waals surface area contributed by atoms with Crippen molar-refractivity contribution in [3.05, 3.63) is 70.0 Å². The molecule has 2 aromatic carbocycles. The maximum absolute atomic E-state index is 12.4. The predicted molar refractivity (Wildman–Crippen MR) is 88.1 cm³/mol. The molecule has 0 spiro atoms. The number of aromatic hydroxyl groups is 1. The summed E-state index contributed by atoms with van der Waals surface area (Å²) in [7, 11) is 3.13. The summed E-state index contributed by atoms with van der Waals surface area (Å²) < 4.78 is 10.7. The van der Waals surface area contributed by atoms with Crippen molar-refractivity contribution < 1.29 is 14.6 Å². The van der Waals surface area contributed by atoms with Gasteiger partial charge >= 0.3 is 0 Å². The van der Waals surface area contributed by atoms with Crippen molar-refractivity contribution >= 4 is 10.9 Å². The summed E-state index contributed by atoms with van der Waals surface area (Å²) in [6.45, 7) is 0. The summed E-state index contributed by atoms with van der Waals surface area (Å²) in [5.41, 5.74) is 1.80. The minimum Gasteiger partial charge on any atom is -0.508 e. The molecule has 0 saturated heterocycles. The lowest BCUT2D eigenvalue weighted by atomic mass is 10.0. The quantitative estimate of drug-likeness (QED) is 0.777. The maximum Gasteiger partial charge on any atom is 0.254 e. The highest BCUT2D eigenvalue weighted by atomic mass is 16.5. The Kier molecular flexibility index (Phi) is 4.04. The molecule has 1 unspecified atom stereocenters. The Hall–Kier alpha value is -2.79. The Morgan fingerprint density at radius 1 is 1.04 bits per heavy atom. The molecule has 0 aliphatic rings. The Morgan fingerprint density at radius 3 is 2.43 bits per heavy atom. The zero-order chi connectivity index (χ0) is 16.4. The number of nitrogens with one attached hydrogen (secondary N) is 1. The Bertz CT molecular complexity index is 884. The van der Waals surface area contributed by atoms with E-state index in [-0.39, 0.29) is 11.3 Å². The van der Waals surface area contributed by atoms with Gasteiger partial charge in [0.2, 0.25) is 0 Å². The third-order valence-corrected chi connectivity index (χ3v) is 3.80. The number of ether oxygens (including phenoxy) is 2. The van der Waals surface area contributed by atoms with Crippen LogP contribution in [0.4, 0.5) is 0 Å². The summed E-state index contributed by atoms with van der Waals surface area (Å²) >= 11 is 0. The van der Waals surface area contributed by atoms with Crippen LogP contribution in [0.15, 0.2) is 53.3 Å². The number of H-pyrrole nitrogens is 1. The fourth-order valence-electron chi connectivity index (χ4n) is 2.61. The van der Waals surface area contributed by atoms with Gasteiger partial charge in [-0.3, -0.25) is 4.79 Å². The molecule has 3 aromatic rings. The van der Waals surface area contributed by atoms with Crippen LogP contribution in [-0.2, 0) is 4.74 Å². The summed E-state index contributed by atoms with van der Waals surface area (Å²) in [6.07, 6.45) is -0.508. The van der Waals surface area contributed by atoms with Crippen LogP contribution in [0.25, 0.3) is 10.9 Å². The number of aromatic amines is 1. The highest BCUT2D eigenvalue weighted by Crippen LogP contribution is 2.27. The van der Waals surface area contributed by atoms with E-state index in [1.54, 1.807) is 44.6 Å². The Balaban J connectivity index is 2.11. The number of methoxy groups -OCH3 is 2. The molecule has 0 fully saturated rings. The standard InChI is InChI=1S/C18H17NO4/c1-22-14-8-5-12-9-15(18(21)19-16(12)10-14)17(23-2)11-3-6-13(20)7-4-11/h3-10,17,20H,1-2H3,(H,19,21). The van der Waals surface area contributed by atoms with Crippen molar-refractivity contribution in [3.8, 4) is 11.5 Å². The molecule has 2 N–H and O–H groups in total. The number of hydrogen-bond donors (Lipinski definition) is 2. The zero-order valence-corrected chi connectivity index (χ0v) is 12.9. The molecule has 3 rings (SSSR count). The third-order valence-electron chi connectivity index (χ3n) is 3.80. The average Bonchev–Trinajstić information content (AvgIpc) is 2.57. The van der Waals surface area contributed by atoms with E-state index in [0.717, 1.165) is 10.9 Å². The molecule has 1 heterocycles. The first kappa shape index (κ1) is 15.1. The molecule has 0 saturated carbocycles. The molecule has 5 nitrogen and oxygen atoms in total. The molecule has 1 atom stereocenters. The lowest BCUT2D eigenvalue weighted by Gasteiger charge is -2.16. The first-order valence-electron chi connectivity index (χ1n) is 7.15. The molecule has 5 heteroatoms. The molecule has 1 aromatic heterocycles. The van der Waals surface area contributed by atoms with E-state index in [2.05, 4.69) is 4.98 Å². The first-order chi connectivity index (χ1) is 11.1. The van der Waals surface area contributed by atoms with Crippen LogP contribution in [0.2, 0.25) is 0 Å². The lowest BCUT2D eigenvalue weighted by molar-refractivity contribution is 0.135. The number of benzene rings is 2. The number of fused-ring (bicyclic) bond motifs is 1. The van der Waals surface area contributed by atoms with Gasteiger partial charge < -0.3 is 19.6 Å². The van der Waals surface area contributed by atoms with Gasteiger partial charge in [0.25, 0.3) is 5.56 Å². The highest BCUT2D eigenvalue weighted by Gasteiger charge is 2.18. The SMILES string of the molecule is COc1ccc2cc(C(OC)c3ccc(O)cc3)c(=O)[nH]c2c1. The van der Waals surface area contributed by atoms with Crippen molar-refractivity contribution in [2.45, 2.75) is 6.10 Å². The number of aromatic nitrogens is 1. The zero-order valence-electron chi connectivity index (χ0n) is 12.9. The summed E-state index contributed by atoms with van der Waals surface area (Å²) in [5.74, 6) is 0.853. The number of rotatable bonds is 4. The van der Waals surface area contributed by atoms with E-state index in [1.807, 2.05) is 18.2 Å². The topological polar surface area (TPSA) is 71.5 Å². The first-order valence-corrected chi connectivity index (χ1v) is 7.15. The second-order valence-electron chi connectivity index (χ2n) is 5.21. The van der Waals surface area contributed by atoms with Gasteiger partial charge in [0.15, 0.2) is 0 Å². The van der Waals surface area contributed by atoms with E-state index in [0.29, 0.717) is 16.8 Å². The lowest BCUT2D eigenvalue weighted by Crippen LogP contribution is -2.18. The summed E-state index contributed by atoms with van der Waals surface area (Å²) in [6, 6.07) is 13.9. The van der Waals surface area contributed by atoms with Crippen molar-refractivity contribution in [2.24, 2.45) is 0 Å². The van der Waals surface area contributed by atoms with Gasteiger partial charge in [-0.2, -0.15) is 0 Å². The van der Waals surface area contributed by atoms with Crippen molar-refractivity contribution in [1.29, 1.82) is 0 Å². The van der Waals surface area contributed by atoms with E-state index < -0.39 is 6.10 Å². The smallest absolute Gasteiger partial charge is 0.254 e. The monoisotopic (exact) mass is 311 g/mol. The molecule has 0 aliphatic carbocycles. The average molecular weight is 311 g/mol. The van der Waals surface area contributed by atoms with Gasteiger partial charge in [0.05, 0.1) is 18.2 Å². The maximum atomic E-state index is 12.4. The van der Waals surface area contributed by atoms with Crippen LogP contribution < -0.4 is 10.3 Å². The molecule has 0 radical (unpaired) electrons. The molecule has 0 bridgehead atoms. The minimum absolute atomic E-state index is 0.170. The molecule has 0 aliphatic heterocycles. The largest absolute Gasteiger partial charge is 0.508 e.